The third-order valence-electron chi connectivity index (χ3n) is 4.39. The molecule has 0 aliphatic carbocycles. The number of rotatable bonds is 5. The van der Waals surface area contributed by atoms with Crippen molar-refractivity contribution in [2.24, 2.45) is 0 Å². The molecule has 29 heavy (non-hydrogen) atoms. The van der Waals surface area contributed by atoms with E-state index in [1.807, 2.05) is 37.4 Å². The van der Waals surface area contributed by atoms with E-state index in [9.17, 15) is 4.79 Å². The predicted octanol–water partition coefficient (Wildman–Crippen LogP) is 5.41. The van der Waals surface area contributed by atoms with Crippen LogP contribution in [0.1, 0.15) is 16.3 Å². The molecule has 2 heterocycles. The van der Waals surface area contributed by atoms with Gasteiger partial charge < -0.3 is 4.74 Å². The molecule has 8 heteroatoms. The highest BCUT2D eigenvalue weighted by molar-refractivity contribution is 7.98. The zero-order valence-electron chi connectivity index (χ0n) is 16.1. The highest BCUT2D eigenvalue weighted by Crippen LogP contribution is 2.30. The van der Waals surface area contributed by atoms with Gasteiger partial charge in [0.1, 0.15) is 5.75 Å². The molecular weight excluding hydrogens is 426 g/mol. The Balaban J connectivity index is 1.93. The van der Waals surface area contributed by atoms with Crippen molar-refractivity contribution < 1.29 is 4.74 Å². The van der Waals surface area contributed by atoms with Gasteiger partial charge in [0, 0.05) is 16.2 Å². The lowest BCUT2D eigenvalue weighted by Gasteiger charge is -2.16. The number of benzene rings is 2. The zero-order chi connectivity index (χ0) is 20.5. The molecule has 0 saturated carbocycles. The van der Waals surface area contributed by atoms with E-state index in [4.69, 9.17) is 21.3 Å². The van der Waals surface area contributed by atoms with Crippen LogP contribution in [0.25, 0.3) is 16.6 Å². The van der Waals surface area contributed by atoms with E-state index in [0.717, 1.165) is 16.3 Å². The Kier molecular flexibility index (Phi) is 5.63. The number of fused-ring (bicyclic) bond motifs is 1. The molecule has 0 radical (unpaired) electrons. The average molecular weight is 444 g/mol. The van der Waals surface area contributed by atoms with Crippen LogP contribution in [-0.4, -0.2) is 21.6 Å². The van der Waals surface area contributed by atoms with Gasteiger partial charge in [-0.25, -0.2) is 9.97 Å². The Bertz CT molecular complexity index is 1270. The fraction of sp³-hybridized carbons (Fsp3) is 0.190. The fourth-order valence-corrected chi connectivity index (χ4v) is 4.82. The maximum atomic E-state index is 13.5. The van der Waals surface area contributed by atoms with Gasteiger partial charge in [-0.15, -0.1) is 11.3 Å². The van der Waals surface area contributed by atoms with Gasteiger partial charge in [0.15, 0.2) is 5.16 Å². The van der Waals surface area contributed by atoms with Gasteiger partial charge in [-0.1, -0.05) is 29.4 Å². The second kappa shape index (κ2) is 8.18. The molecule has 0 fully saturated rings. The van der Waals surface area contributed by atoms with Gasteiger partial charge in [0.2, 0.25) is 0 Å². The minimum Gasteiger partial charge on any atom is -0.495 e. The average Bonchev–Trinajstić information content (AvgIpc) is 3.11. The Labute approximate surface area is 181 Å². The largest absolute Gasteiger partial charge is 0.495 e. The van der Waals surface area contributed by atoms with E-state index in [0.29, 0.717) is 38.3 Å². The first-order valence-electron chi connectivity index (χ1n) is 8.87. The topological polar surface area (TPSA) is 57.0 Å². The number of hydrogen-bond acceptors (Lipinski definition) is 6. The molecular formula is C21H18ClN3O2S2. The van der Waals surface area contributed by atoms with Crippen LogP contribution < -0.4 is 10.3 Å². The van der Waals surface area contributed by atoms with Crippen LogP contribution in [0.5, 0.6) is 5.75 Å². The van der Waals surface area contributed by atoms with Crippen LogP contribution in [0.4, 0.5) is 0 Å². The second-order valence-corrected chi connectivity index (χ2v) is 8.96. The molecule has 0 N–H and O–H groups in total. The molecule has 0 amide bonds. The first-order chi connectivity index (χ1) is 14.0. The number of aromatic nitrogens is 3. The van der Waals surface area contributed by atoms with Crippen molar-refractivity contribution in [1.29, 1.82) is 0 Å². The summed E-state index contributed by atoms with van der Waals surface area (Å²) in [6.07, 6.45) is 0. The number of methoxy groups -OCH3 is 1. The molecule has 0 unspecified atom stereocenters. The predicted molar refractivity (Wildman–Crippen MR) is 120 cm³/mol. The summed E-state index contributed by atoms with van der Waals surface area (Å²) in [5.41, 5.74) is 3.06. The highest BCUT2D eigenvalue weighted by atomic mass is 35.5. The first kappa shape index (κ1) is 19.9. The second-order valence-electron chi connectivity index (χ2n) is 6.52. The molecule has 0 aliphatic heterocycles. The lowest BCUT2D eigenvalue weighted by Crippen LogP contribution is -2.22. The van der Waals surface area contributed by atoms with Crippen molar-refractivity contribution in [2.75, 3.05) is 7.11 Å². The number of nitrogens with zero attached hydrogens (tertiary/aromatic N) is 3. The van der Waals surface area contributed by atoms with E-state index in [-0.39, 0.29) is 5.56 Å². The standard InChI is InChI=1S/C21H18ClN3O2S2/c1-12-4-7-19(27-3)18(8-12)25-20(26)16-6-5-14(22)9-17(16)24-21(25)29-11-15-10-28-13(2)23-15/h4-10H,11H2,1-3H3. The highest BCUT2D eigenvalue weighted by Gasteiger charge is 2.17. The molecule has 148 valence electrons. The zero-order valence-corrected chi connectivity index (χ0v) is 18.5. The molecule has 4 rings (SSSR count). The van der Waals surface area contributed by atoms with E-state index in [2.05, 4.69) is 4.98 Å². The van der Waals surface area contributed by atoms with E-state index in [1.165, 1.54) is 11.8 Å². The minimum absolute atomic E-state index is 0.160. The molecule has 2 aromatic heterocycles. The number of halogens is 1. The van der Waals surface area contributed by atoms with Crippen molar-refractivity contribution in [2.45, 2.75) is 24.8 Å². The van der Waals surface area contributed by atoms with Gasteiger partial charge in [0.05, 0.1) is 34.4 Å². The normalized spacial score (nSPS) is 11.2. The van der Waals surface area contributed by atoms with Crippen molar-refractivity contribution in [3.05, 3.63) is 73.4 Å². The lowest BCUT2D eigenvalue weighted by molar-refractivity contribution is 0.411. The number of thioether (sulfide) groups is 1. The number of thiazole rings is 1. The van der Waals surface area contributed by atoms with Gasteiger partial charge in [-0.3, -0.25) is 9.36 Å². The molecule has 0 bridgehead atoms. The molecule has 0 aliphatic rings. The maximum absolute atomic E-state index is 13.5. The van der Waals surface area contributed by atoms with Gasteiger partial charge in [0.25, 0.3) is 5.56 Å². The van der Waals surface area contributed by atoms with Crippen LogP contribution in [0.15, 0.2) is 51.7 Å². The Morgan fingerprint density at radius 1 is 1.17 bits per heavy atom. The van der Waals surface area contributed by atoms with Crippen LogP contribution in [0, 0.1) is 13.8 Å². The van der Waals surface area contributed by atoms with Crippen molar-refractivity contribution in [1.82, 2.24) is 14.5 Å². The van der Waals surface area contributed by atoms with Crippen LogP contribution in [-0.2, 0) is 5.75 Å². The number of ether oxygens (including phenoxy) is 1. The third-order valence-corrected chi connectivity index (χ3v) is 6.42. The van der Waals surface area contributed by atoms with Gasteiger partial charge in [-0.2, -0.15) is 0 Å². The van der Waals surface area contributed by atoms with Crippen LogP contribution >= 0.6 is 34.7 Å². The summed E-state index contributed by atoms with van der Waals surface area (Å²) in [5.74, 6) is 1.22. The molecule has 5 nitrogen and oxygen atoms in total. The summed E-state index contributed by atoms with van der Waals surface area (Å²) in [5, 5.41) is 4.65. The molecule has 0 atom stereocenters. The Morgan fingerprint density at radius 2 is 2.00 bits per heavy atom. The van der Waals surface area contributed by atoms with Crippen molar-refractivity contribution >= 4 is 45.6 Å². The monoisotopic (exact) mass is 443 g/mol. The summed E-state index contributed by atoms with van der Waals surface area (Å²) < 4.78 is 7.15. The number of aryl methyl sites for hydroxylation is 2. The molecule has 0 saturated heterocycles. The Morgan fingerprint density at radius 3 is 2.72 bits per heavy atom. The van der Waals surface area contributed by atoms with Crippen molar-refractivity contribution in [3.63, 3.8) is 0 Å². The third kappa shape index (κ3) is 4.03. The summed E-state index contributed by atoms with van der Waals surface area (Å²) in [6.45, 7) is 3.95. The van der Waals surface area contributed by atoms with Crippen LogP contribution in [0.2, 0.25) is 5.02 Å². The lowest BCUT2D eigenvalue weighted by atomic mass is 10.2. The molecule has 4 aromatic rings. The fourth-order valence-electron chi connectivity index (χ4n) is 3.04. The first-order valence-corrected chi connectivity index (χ1v) is 11.1. The minimum atomic E-state index is -0.160. The van der Waals surface area contributed by atoms with Crippen molar-refractivity contribution in [3.8, 4) is 11.4 Å². The SMILES string of the molecule is COc1ccc(C)cc1-n1c(SCc2csc(C)n2)nc2cc(Cl)ccc2c1=O. The van der Waals surface area contributed by atoms with E-state index >= 15 is 0 Å². The smallest absolute Gasteiger partial charge is 0.266 e. The van der Waals surface area contributed by atoms with Gasteiger partial charge in [-0.05, 0) is 49.7 Å². The molecule has 2 aromatic carbocycles. The Hall–Kier alpha value is -2.35. The van der Waals surface area contributed by atoms with E-state index < -0.39 is 0 Å². The summed E-state index contributed by atoms with van der Waals surface area (Å²) in [4.78, 5) is 22.7. The summed E-state index contributed by atoms with van der Waals surface area (Å²) in [6, 6.07) is 10.9. The van der Waals surface area contributed by atoms with E-state index in [1.54, 1.807) is 41.2 Å². The number of hydrogen-bond donors (Lipinski definition) is 0. The quantitative estimate of drug-likeness (QED) is 0.305. The van der Waals surface area contributed by atoms with Crippen LogP contribution in [0.3, 0.4) is 0 Å². The molecule has 0 spiro atoms. The van der Waals surface area contributed by atoms with Gasteiger partial charge >= 0.3 is 0 Å². The summed E-state index contributed by atoms with van der Waals surface area (Å²) in [7, 11) is 1.60. The maximum Gasteiger partial charge on any atom is 0.266 e. The summed E-state index contributed by atoms with van der Waals surface area (Å²) >= 11 is 9.21.